The molecule has 26 heavy (non-hydrogen) atoms. The van der Waals surface area contributed by atoms with Crippen LogP contribution >= 0.6 is 24.0 Å². The summed E-state index contributed by atoms with van der Waals surface area (Å²) in [7, 11) is 1.76. The summed E-state index contributed by atoms with van der Waals surface area (Å²) >= 11 is 0. The Labute approximate surface area is 170 Å². The first kappa shape index (κ1) is 20.2. The maximum absolute atomic E-state index is 12.9. The topological polar surface area (TPSA) is 52.2 Å². The van der Waals surface area contributed by atoms with E-state index >= 15 is 0 Å². The second-order valence-corrected chi connectivity index (χ2v) is 5.91. The molecule has 2 aromatic carbocycles. The van der Waals surface area contributed by atoms with Gasteiger partial charge < -0.3 is 15.6 Å². The lowest BCUT2D eigenvalue weighted by Crippen LogP contribution is -2.39. The molecule has 1 heterocycles. The van der Waals surface area contributed by atoms with E-state index < -0.39 is 0 Å². The maximum atomic E-state index is 12.9. The number of para-hydroxylation sites is 1. The van der Waals surface area contributed by atoms with Crippen molar-refractivity contribution in [3.8, 4) is 0 Å². The summed E-state index contributed by atoms with van der Waals surface area (Å²) in [6.45, 7) is 1.55. The number of fused-ring (bicyclic) bond motifs is 1. The molecule has 0 saturated heterocycles. The quantitative estimate of drug-likeness (QED) is 0.294. The number of rotatable bonds is 6. The first-order valence-electron chi connectivity index (χ1n) is 8.50. The Balaban J connectivity index is 0.00000243. The highest BCUT2D eigenvalue weighted by Crippen LogP contribution is 2.17. The average Bonchev–Trinajstić information content (AvgIpc) is 3.05. The van der Waals surface area contributed by atoms with Crippen molar-refractivity contribution < 1.29 is 4.39 Å². The van der Waals surface area contributed by atoms with Gasteiger partial charge in [-0.1, -0.05) is 30.3 Å². The van der Waals surface area contributed by atoms with E-state index in [9.17, 15) is 4.39 Å². The van der Waals surface area contributed by atoms with Gasteiger partial charge in [0.2, 0.25) is 0 Å². The summed E-state index contributed by atoms with van der Waals surface area (Å²) in [5, 5.41) is 7.89. The third-order valence-corrected chi connectivity index (χ3v) is 4.20. The predicted molar refractivity (Wildman–Crippen MR) is 117 cm³/mol. The molecular formula is C20H24FIN4. The molecular weight excluding hydrogens is 442 g/mol. The summed E-state index contributed by atoms with van der Waals surface area (Å²) in [6.07, 6.45) is 3.81. The molecule has 138 valence electrons. The van der Waals surface area contributed by atoms with Crippen LogP contribution in [0.25, 0.3) is 10.9 Å². The third-order valence-electron chi connectivity index (χ3n) is 4.20. The number of H-pyrrole nitrogens is 1. The fraction of sp³-hybridized carbons (Fsp3) is 0.250. The maximum Gasteiger partial charge on any atom is 0.190 e. The molecule has 0 fully saturated rings. The van der Waals surface area contributed by atoms with E-state index in [0.717, 1.165) is 37.5 Å². The first-order valence-corrected chi connectivity index (χ1v) is 8.50. The Hall–Kier alpha value is -2.09. The highest BCUT2D eigenvalue weighted by Gasteiger charge is 2.03. The monoisotopic (exact) mass is 466 g/mol. The molecule has 3 rings (SSSR count). The number of halogens is 2. The van der Waals surface area contributed by atoms with Crippen LogP contribution in [0.5, 0.6) is 0 Å². The van der Waals surface area contributed by atoms with Crippen LogP contribution in [-0.2, 0) is 12.8 Å². The largest absolute Gasteiger partial charge is 0.361 e. The smallest absolute Gasteiger partial charge is 0.190 e. The lowest BCUT2D eigenvalue weighted by Gasteiger charge is -2.11. The number of nitrogens with one attached hydrogen (secondary N) is 3. The van der Waals surface area contributed by atoms with Gasteiger partial charge in [0, 0.05) is 37.2 Å². The Kier molecular flexibility index (Phi) is 7.90. The molecule has 3 N–H and O–H groups in total. The number of hydrogen-bond acceptors (Lipinski definition) is 1. The van der Waals surface area contributed by atoms with Gasteiger partial charge in [0.15, 0.2) is 5.96 Å². The molecule has 0 aliphatic rings. The van der Waals surface area contributed by atoms with E-state index in [4.69, 9.17) is 0 Å². The summed E-state index contributed by atoms with van der Waals surface area (Å²) in [5.41, 5.74) is 3.56. The Morgan fingerprint density at radius 1 is 1.00 bits per heavy atom. The van der Waals surface area contributed by atoms with Gasteiger partial charge in [-0.15, -0.1) is 24.0 Å². The second-order valence-electron chi connectivity index (χ2n) is 5.91. The van der Waals surface area contributed by atoms with E-state index in [2.05, 4.69) is 45.0 Å². The molecule has 0 bridgehead atoms. The van der Waals surface area contributed by atoms with Crippen molar-refractivity contribution in [3.05, 3.63) is 71.7 Å². The Morgan fingerprint density at radius 2 is 1.69 bits per heavy atom. The molecule has 0 unspecified atom stereocenters. The number of guanidine groups is 1. The van der Waals surface area contributed by atoms with Crippen molar-refractivity contribution in [1.82, 2.24) is 15.6 Å². The molecule has 4 nitrogen and oxygen atoms in total. The summed E-state index contributed by atoms with van der Waals surface area (Å²) < 4.78 is 12.9. The van der Waals surface area contributed by atoms with Crippen LogP contribution in [0.15, 0.2) is 59.7 Å². The van der Waals surface area contributed by atoms with E-state index in [1.807, 2.05) is 18.2 Å². The number of hydrogen-bond donors (Lipinski definition) is 3. The minimum atomic E-state index is -0.202. The third kappa shape index (κ3) is 5.45. The van der Waals surface area contributed by atoms with Gasteiger partial charge in [0.05, 0.1) is 0 Å². The first-order chi connectivity index (χ1) is 12.3. The Bertz CT molecular complexity index is 842. The summed E-state index contributed by atoms with van der Waals surface area (Å²) in [6, 6.07) is 14.9. The number of aromatic amines is 1. The van der Waals surface area contributed by atoms with Gasteiger partial charge in [-0.2, -0.15) is 0 Å². The molecule has 0 atom stereocenters. The highest BCUT2D eigenvalue weighted by molar-refractivity contribution is 14.0. The van der Waals surface area contributed by atoms with Crippen LogP contribution < -0.4 is 10.6 Å². The fourth-order valence-electron chi connectivity index (χ4n) is 2.85. The van der Waals surface area contributed by atoms with Gasteiger partial charge in [0.1, 0.15) is 5.82 Å². The van der Waals surface area contributed by atoms with Gasteiger partial charge in [-0.25, -0.2) is 4.39 Å². The van der Waals surface area contributed by atoms with E-state index in [1.165, 1.54) is 28.6 Å². The van der Waals surface area contributed by atoms with Crippen molar-refractivity contribution in [3.63, 3.8) is 0 Å². The van der Waals surface area contributed by atoms with E-state index in [0.29, 0.717) is 0 Å². The second kappa shape index (κ2) is 10.2. The molecule has 1 aromatic heterocycles. The fourth-order valence-corrected chi connectivity index (χ4v) is 2.85. The summed E-state index contributed by atoms with van der Waals surface area (Å²) in [4.78, 5) is 7.54. The van der Waals surface area contributed by atoms with Gasteiger partial charge in [-0.3, -0.25) is 4.99 Å². The van der Waals surface area contributed by atoms with Gasteiger partial charge in [0.25, 0.3) is 0 Å². The van der Waals surface area contributed by atoms with E-state index in [-0.39, 0.29) is 29.8 Å². The SMILES string of the molecule is CN=C(NCCc1ccc(F)cc1)NCCc1c[nH]c2ccccc12.I. The molecule has 0 aliphatic carbocycles. The normalized spacial score (nSPS) is 11.2. The zero-order valence-electron chi connectivity index (χ0n) is 14.8. The van der Waals surface area contributed by atoms with Crippen LogP contribution in [0.4, 0.5) is 4.39 Å². The number of aliphatic imine (C=N–C) groups is 1. The Morgan fingerprint density at radius 3 is 2.42 bits per heavy atom. The molecule has 3 aromatic rings. The van der Waals surface area contributed by atoms with Crippen LogP contribution in [0.2, 0.25) is 0 Å². The molecule has 0 radical (unpaired) electrons. The van der Waals surface area contributed by atoms with Crippen LogP contribution in [0, 0.1) is 5.82 Å². The minimum absolute atomic E-state index is 0. The molecule has 0 spiro atoms. The molecule has 0 saturated carbocycles. The molecule has 6 heteroatoms. The van der Waals surface area contributed by atoms with Crippen molar-refractivity contribution in [1.29, 1.82) is 0 Å². The van der Waals surface area contributed by atoms with Gasteiger partial charge in [-0.05, 0) is 42.2 Å². The number of nitrogens with zero attached hydrogens (tertiary/aromatic N) is 1. The van der Waals surface area contributed by atoms with Gasteiger partial charge >= 0.3 is 0 Å². The van der Waals surface area contributed by atoms with Crippen molar-refractivity contribution in [2.75, 3.05) is 20.1 Å². The summed E-state index contributed by atoms with van der Waals surface area (Å²) in [5.74, 6) is 0.577. The number of benzene rings is 2. The van der Waals surface area contributed by atoms with Crippen molar-refractivity contribution >= 4 is 40.8 Å². The lowest BCUT2D eigenvalue weighted by molar-refractivity contribution is 0.626. The van der Waals surface area contributed by atoms with Crippen LogP contribution in [0.3, 0.4) is 0 Å². The predicted octanol–water partition coefficient (Wildman–Crippen LogP) is 3.88. The zero-order chi connectivity index (χ0) is 17.5. The molecule has 0 aliphatic heterocycles. The standard InChI is InChI=1S/C20H23FN4.HI/c1-22-20(23-12-10-15-6-8-17(21)9-7-15)24-13-11-16-14-25-19-5-3-2-4-18(16)19;/h2-9,14,25H,10-13H2,1H3,(H2,22,23,24);1H. The van der Waals surface area contributed by atoms with Crippen molar-refractivity contribution in [2.45, 2.75) is 12.8 Å². The number of aromatic nitrogens is 1. The average molecular weight is 466 g/mol. The van der Waals surface area contributed by atoms with Crippen LogP contribution in [-0.4, -0.2) is 31.1 Å². The van der Waals surface area contributed by atoms with Crippen LogP contribution in [0.1, 0.15) is 11.1 Å². The van der Waals surface area contributed by atoms with Crippen molar-refractivity contribution in [2.24, 2.45) is 4.99 Å². The zero-order valence-corrected chi connectivity index (χ0v) is 17.1. The minimum Gasteiger partial charge on any atom is -0.361 e. The van der Waals surface area contributed by atoms with E-state index in [1.54, 1.807) is 7.05 Å². The highest BCUT2D eigenvalue weighted by atomic mass is 127. The lowest BCUT2D eigenvalue weighted by atomic mass is 10.1. The molecule has 0 amide bonds.